The Morgan fingerprint density at radius 3 is 2.46 bits per heavy atom. The number of nitrogens with zero attached hydrogens (tertiary/aromatic N) is 2. The molecule has 2 rings (SSSR count). The smallest absolute Gasteiger partial charge is 0.306 e. The highest BCUT2D eigenvalue weighted by Crippen LogP contribution is 2.23. The number of esters is 1. The molecule has 0 aromatic heterocycles. The SMILES string of the molecule is COCCN(CCC(=O)OC)Cc1ccc(-c2ccccc2C#N)cc1. The van der Waals surface area contributed by atoms with Crippen molar-refractivity contribution in [3.63, 3.8) is 0 Å². The van der Waals surface area contributed by atoms with Crippen molar-refractivity contribution < 1.29 is 14.3 Å². The van der Waals surface area contributed by atoms with Gasteiger partial charge in [-0.2, -0.15) is 5.26 Å². The average Bonchev–Trinajstić information content (AvgIpc) is 2.70. The van der Waals surface area contributed by atoms with Gasteiger partial charge in [-0.25, -0.2) is 0 Å². The number of nitriles is 1. The zero-order valence-corrected chi connectivity index (χ0v) is 15.3. The average molecular weight is 352 g/mol. The molecule has 0 aliphatic heterocycles. The Morgan fingerprint density at radius 2 is 1.81 bits per heavy atom. The second kappa shape index (κ2) is 10.3. The Hall–Kier alpha value is -2.68. The maximum atomic E-state index is 11.4. The number of methoxy groups -OCH3 is 2. The zero-order valence-electron chi connectivity index (χ0n) is 15.3. The van der Waals surface area contributed by atoms with E-state index in [0.29, 0.717) is 25.1 Å². The van der Waals surface area contributed by atoms with Gasteiger partial charge in [-0.1, -0.05) is 42.5 Å². The van der Waals surface area contributed by atoms with Gasteiger partial charge in [0, 0.05) is 26.7 Å². The van der Waals surface area contributed by atoms with Gasteiger partial charge in [0.05, 0.1) is 31.8 Å². The third-order valence-electron chi connectivity index (χ3n) is 4.19. The minimum atomic E-state index is -0.212. The first-order valence-electron chi connectivity index (χ1n) is 8.54. The maximum Gasteiger partial charge on any atom is 0.306 e. The largest absolute Gasteiger partial charge is 0.469 e. The van der Waals surface area contributed by atoms with Crippen molar-refractivity contribution in [2.45, 2.75) is 13.0 Å². The second-order valence-electron chi connectivity index (χ2n) is 5.95. The molecule has 2 aromatic rings. The predicted molar refractivity (Wildman–Crippen MR) is 100 cm³/mol. The second-order valence-corrected chi connectivity index (χ2v) is 5.95. The predicted octanol–water partition coefficient (Wildman–Crippen LogP) is 3.24. The molecule has 0 fully saturated rings. The Bertz CT molecular complexity index is 751. The van der Waals surface area contributed by atoms with Crippen molar-refractivity contribution >= 4 is 5.97 Å². The van der Waals surface area contributed by atoms with Crippen LogP contribution in [0, 0.1) is 11.3 Å². The van der Waals surface area contributed by atoms with Crippen LogP contribution in [0.5, 0.6) is 0 Å². The topological polar surface area (TPSA) is 62.6 Å². The van der Waals surface area contributed by atoms with Gasteiger partial charge in [-0.15, -0.1) is 0 Å². The van der Waals surface area contributed by atoms with Crippen molar-refractivity contribution in [2.75, 3.05) is 33.9 Å². The summed E-state index contributed by atoms with van der Waals surface area (Å²) in [6, 6.07) is 18.0. The molecule has 0 bridgehead atoms. The minimum absolute atomic E-state index is 0.212. The summed E-state index contributed by atoms with van der Waals surface area (Å²) in [5, 5.41) is 9.25. The van der Waals surface area contributed by atoms with Crippen molar-refractivity contribution in [1.82, 2.24) is 4.90 Å². The molecule has 0 unspecified atom stereocenters. The van der Waals surface area contributed by atoms with E-state index in [1.165, 1.54) is 7.11 Å². The standard InChI is InChI=1S/C21H24N2O3/c1-25-14-13-23(12-11-21(24)26-2)16-17-7-9-18(10-8-17)20-6-4-3-5-19(20)15-22/h3-10H,11-14,16H2,1-2H3. The lowest BCUT2D eigenvalue weighted by Gasteiger charge is -2.21. The third kappa shape index (κ3) is 5.69. The van der Waals surface area contributed by atoms with Crippen LogP contribution in [0.3, 0.4) is 0 Å². The molecule has 0 saturated carbocycles. The first-order chi connectivity index (χ1) is 12.7. The third-order valence-corrected chi connectivity index (χ3v) is 4.19. The number of carbonyl (C=O) groups is 1. The van der Waals surface area contributed by atoms with Gasteiger partial charge in [0.1, 0.15) is 0 Å². The zero-order chi connectivity index (χ0) is 18.8. The molecule has 26 heavy (non-hydrogen) atoms. The lowest BCUT2D eigenvalue weighted by molar-refractivity contribution is -0.141. The van der Waals surface area contributed by atoms with Gasteiger partial charge in [-0.05, 0) is 22.8 Å². The van der Waals surface area contributed by atoms with Crippen LogP contribution in [-0.4, -0.2) is 44.8 Å². The molecule has 0 saturated heterocycles. The van der Waals surface area contributed by atoms with Gasteiger partial charge in [0.15, 0.2) is 0 Å². The van der Waals surface area contributed by atoms with Crippen LogP contribution in [-0.2, 0) is 20.8 Å². The van der Waals surface area contributed by atoms with Crippen molar-refractivity contribution in [3.05, 3.63) is 59.7 Å². The highest BCUT2D eigenvalue weighted by atomic mass is 16.5. The van der Waals surface area contributed by atoms with Gasteiger partial charge in [0.25, 0.3) is 0 Å². The number of rotatable bonds is 9. The minimum Gasteiger partial charge on any atom is -0.469 e. The van der Waals surface area contributed by atoms with E-state index in [-0.39, 0.29) is 5.97 Å². The highest BCUT2D eigenvalue weighted by molar-refractivity contribution is 5.70. The summed E-state index contributed by atoms with van der Waals surface area (Å²) in [7, 11) is 3.07. The maximum absolute atomic E-state index is 11.4. The van der Waals surface area contributed by atoms with Crippen molar-refractivity contribution in [1.29, 1.82) is 5.26 Å². The van der Waals surface area contributed by atoms with Crippen LogP contribution in [0.25, 0.3) is 11.1 Å². The molecule has 5 heteroatoms. The molecule has 0 spiro atoms. The summed E-state index contributed by atoms with van der Waals surface area (Å²) in [6.45, 7) is 2.69. The molecule has 136 valence electrons. The Kier molecular flexibility index (Phi) is 7.81. The van der Waals surface area contributed by atoms with E-state index in [2.05, 4.69) is 23.1 Å². The molecule has 0 atom stereocenters. The summed E-state index contributed by atoms with van der Waals surface area (Å²) in [4.78, 5) is 13.6. The molecule has 5 nitrogen and oxygen atoms in total. The van der Waals surface area contributed by atoms with Gasteiger partial charge < -0.3 is 9.47 Å². The molecule has 0 radical (unpaired) electrons. The highest BCUT2D eigenvalue weighted by Gasteiger charge is 2.10. The van der Waals surface area contributed by atoms with Gasteiger partial charge >= 0.3 is 5.97 Å². The number of benzene rings is 2. The summed E-state index contributed by atoms with van der Waals surface area (Å²) in [5.74, 6) is -0.212. The van der Waals surface area contributed by atoms with Crippen LogP contribution in [0.2, 0.25) is 0 Å². The molecule has 0 aliphatic carbocycles. The van der Waals surface area contributed by atoms with Crippen LogP contribution >= 0.6 is 0 Å². The molecular weight excluding hydrogens is 328 g/mol. The number of ether oxygens (including phenoxy) is 2. The first kappa shape index (κ1) is 19.6. The molecular formula is C21H24N2O3. The van der Waals surface area contributed by atoms with E-state index in [9.17, 15) is 10.1 Å². The van der Waals surface area contributed by atoms with Gasteiger partial charge in [0.2, 0.25) is 0 Å². The van der Waals surface area contributed by atoms with Crippen LogP contribution in [0.15, 0.2) is 48.5 Å². The monoisotopic (exact) mass is 352 g/mol. The van der Waals surface area contributed by atoms with E-state index in [4.69, 9.17) is 9.47 Å². The summed E-state index contributed by atoms with van der Waals surface area (Å²) < 4.78 is 9.88. The van der Waals surface area contributed by atoms with E-state index >= 15 is 0 Å². The Balaban J connectivity index is 2.07. The van der Waals surface area contributed by atoms with E-state index in [1.54, 1.807) is 7.11 Å². The van der Waals surface area contributed by atoms with E-state index in [0.717, 1.165) is 29.8 Å². The van der Waals surface area contributed by atoms with Crippen LogP contribution in [0.1, 0.15) is 17.5 Å². The fraction of sp³-hybridized carbons (Fsp3) is 0.333. The quantitative estimate of drug-likeness (QED) is 0.648. The van der Waals surface area contributed by atoms with Crippen LogP contribution < -0.4 is 0 Å². The Morgan fingerprint density at radius 1 is 1.08 bits per heavy atom. The molecule has 0 aliphatic rings. The van der Waals surface area contributed by atoms with Crippen molar-refractivity contribution in [3.8, 4) is 17.2 Å². The number of carbonyl (C=O) groups excluding carboxylic acids is 1. The molecule has 0 amide bonds. The van der Waals surface area contributed by atoms with Gasteiger partial charge in [-0.3, -0.25) is 9.69 Å². The normalized spacial score (nSPS) is 10.5. The molecule has 0 N–H and O–H groups in total. The lowest BCUT2D eigenvalue weighted by atomic mass is 9.99. The van der Waals surface area contributed by atoms with E-state index < -0.39 is 0 Å². The summed E-state index contributed by atoms with van der Waals surface area (Å²) in [5.41, 5.74) is 3.76. The molecule has 2 aromatic carbocycles. The number of hydrogen-bond acceptors (Lipinski definition) is 5. The fourth-order valence-corrected chi connectivity index (χ4v) is 2.72. The lowest BCUT2D eigenvalue weighted by Crippen LogP contribution is -2.29. The number of hydrogen-bond donors (Lipinski definition) is 0. The first-order valence-corrected chi connectivity index (χ1v) is 8.54. The summed E-state index contributed by atoms with van der Waals surface area (Å²) >= 11 is 0. The van der Waals surface area contributed by atoms with E-state index in [1.807, 2.05) is 36.4 Å². The summed E-state index contributed by atoms with van der Waals surface area (Å²) in [6.07, 6.45) is 0.355. The molecule has 0 heterocycles. The fourth-order valence-electron chi connectivity index (χ4n) is 2.72. The van der Waals surface area contributed by atoms with Crippen molar-refractivity contribution in [2.24, 2.45) is 0 Å². The van der Waals surface area contributed by atoms with Crippen LogP contribution in [0.4, 0.5) is 0 Å². The Labute approximate surface area is 154 Å².